The molecule has 0 bridgehead atoms. The molecule has 1 amide bonds. The second kappa shape index (κ2) is 8.38. The van der Waals surface area contributed by atoms with Crippen LogP contribution in [0.25, 0.3) is 5.65 Å². The summed E-state index contributed by atoms with van der Waals surface area (Å²) in [6, 6.07) is 11.4. The molecular weight excluding hydrogens is 370 g/mol. The van der Waals surface area contributed by atoms with Crippen molar-refractivity contribution in [1.82, 2.24) is 19.9 Å². The maximum atomic E-state index is 12.9. The van der Waals surface area contributed by atoms with Gasteiger partial charge in [-0.2, -0.15) is 0 Å². The Morgan fingerprint density at radius 3 is 2.93 bits per heavy atom. The van der Waals surface area contributed by atoms with Crippen LogP contribution in [-0.4, -0.2) is 47.8 Å². The Labute approximate surface area is 169 Å². The van der Waals surface area contributed by atoms with E-state index < -0.39 is 0 Å². The largest absolute Gasteiger partial charge is 0.497 e. The number of aromatic nitrogens is 3. The van der Waals surface area contributed by atoms with Crippen LogP contribution >= 0.6 is 0 Å². The van der Waals surface area contributed by atoms with Crippen LogP contribution in [0.5, 0.6) is 11.5 Å². The molecule has 3 heterocycles. The zero-order chi connectivity index (χ0) is 20.2. The number of fused-ring (bicyclic) bond motifs is 1. The fourth-order valence-corrected chi connectivity index (χ4v) is 3.76. The SMILES string of the molecule is COc1ccc(OC)c(CNC(=O)[C@@H]2CCCN(c3nnc4ccccn34)C2)c1. The summed E-state index contributed by atoms with van der Waals surface area (Å²) >= 11 is 0. The highest BCUT2D eigenvalue weighted by Gasteiger charge is 2.28. The van der Waals surface area contributed by atoms with Gasteiger partial charge in [0, 0.05) is 31.4 Å². The van der Waals surface area contributed by atoms with Gasteiger partial charge >= 0.3 is 0 Å². The number of carbonyl (C=O) groups is 1. The molecule has 0 radical (unpaired) electrons. The van der Waals surface area contributed by atoms with Crippen LogP contribution in [0.3, 0.4) is 0 Å². The zero-order valence-electron chi connectivity index (χ0n) is 16.7. The van der Waals surface area contributed by atoms with Gasteiger partial charge in [0.05, 0.1) is 20.1 Å². The molecule has 1 aromatic carbocycles. The van der Waals surface area contributed by atoms with E-state index in [1.54, 1.807) is 14.2 Å². The number of rotatable bonds is 6. The molecule has 0 saturated carbocycles. The van der Waals surface area contributed by atoms with Crippen LogP contribution in [0, 0.1) is 5.92 Å². The summed E-state index contributed by atoms with van der Waals surface area (Å²) in [6.45, 7) is 1.88. The number of nitrogens with zero attached hydrogens (tertiary/aromatic N) is 4. The molecule has 4 rings (SSSR count). The number of methoxy groups -OCH3 is 2. The highest BCUT2D eigenvalue weighted by molar-refractivity contribution is 5.79. The lowest BCUT2D eigenvalue weighted by Gasteiger charge is -2.32. The number of anilines is 1. The Kier molecular flexibility index (Phi) is 5.50. The predicted octanol–water partition coefficient (Wildman–Crippen LogP) is 2.28. The topological polar surface area (TPSA) is 81.0 Å². The van der Waals surface area contributed by atoms with Crippen LogP contribution in [0.4, 0.5) is 5.95 Å². The van der Waals surface area contributed by atoms with E-state index in [9.17, 15) is 4.79 Å². The first-order valence-electron chi connectivity index (χ1n) is 9.73. The maximum Gasteiger partial charge on any atom is 0.231 e. The molecule has 1 saturated heterocycles. The van der Waals surface area contributed by atoms with Gasteiger partial charge < -0.3 is 19.7 Å². The van der Waals surface area contributed by atoms with E-state index in [1.807, 2.05) is 47.0 Å². The Morgan fingerprint density at radius 2 is 2.10 bits per heavy atom. The number of hydrogen-bond donors (Lipinski definition) is 1. The normalized spacial score (nSPS) is 16.6. The lowest BCUT2D eigenvalue weighted by atomic mass is 9.97. The van der Waals surface area contributed by atoms with E-state index in [0.29, 0.717) is 13.1 Å². The van der Waals surface area contributed by atoms with Gasteiger partial charge in [0.25, 0.3) is 0 Å². The number of benzene rings is 1. The number of carbonyl (C=O) groups excluding carboxylic acids is 1. The molecule has 152 valence electrons. The lowest BCUT2D eigenvalue weighted by Crippen LogP contribution is -2.43. The molecule has 8 heteroatoms. The van der Waals surface area contributed by atoms with E-state index in [4.69, 9.17) is 9.47 Å². The molecule has 0 unspecified atom stereocenters. The minimum Gasteiger partial charge on any atom is -0.497 e. The summed E-state index contributed by atoms with van der Waals surface area (Å²) in [7, 11) is 3.24. The third-order valence-corrected chi connectivity index (χ3v) is 5.31. The Bertz CT molecular complexity index is 1000. The molecule has 1 N–H and O–H groups in total. The number of amides is 1. The summed E-state index contributed by atoms with van der Waals surface area (Å²) in [5, 5.41) is 11.6. The summed E-state index contributed by atoms with van der Waals surface area (Å²) in [5.74, 6) is 2.18. The number of piperidine rings is 1. The van der Waals surface area contributed by atoms with Crippen LogP contribution in [0.15, 0.2) is 42.6 Å². The molecule has 1 aliphatic heterocycles. The summed E-state index contributed by atoms with van der Waals surface area (Å²) in [6.07, 6.45) is 3.74. The first-order valence-corrected chi connectivity index (χ1v) is 9.73. The van der Waals surface area contributed by atoms with Crippen molar-refractivity contribution in [1.29, 1.82) is 0 Å². The smallest absolute Gasteiger partial charge is 0.231 e. The number of hydrogen-bond acceptors (Lipinski definition) is 6. The van der Waals surface area contributed by atoms with E-state index in [2.05, 4.69) is 20.4 Å². The van der Waals surface area contributed by atoms with Gasteiger partial charge in [0.1, 0.15) is 11.5 Å². The monoisotopic (exact) mass is 395 g/mol. The maximum absolute atomic E-state index is 12.9. The second-order valence-electron chi connectivity index (χ2n) is 7.11. The molecule has 2 aromatic heterocycles. The molecule has 1 aliphatic rings. The molecule has 3 aromatic rings. The fourth-order valence-electron chi connectivity index (χ4n) is 3.76. The van der Waals surface area contributed by atoms with Gasteiger partial charge in [-0.15, -0.1) is 10.2 Å². The first-order chi connectivity index (χ1) is 14.2. The van der Waals surface area contributed by atoms with Crippen LogP contribution in [-0.2, 0) is 11.3 Å². The highest BCUT2D eigenvalue weighted by atomic mass is 16.5. The number of ether oxygens (including phenoxy) is 2. The molecule has 0 spiro atoms. The quantitative estimate of drug-likeness (QED) is 0.690. The van der Waals surface area contributed by atoms with E-state index in [0.717, 1.165) is 48.0 Å². The van der Waals surface area contributed by atoms with Gasteiger partial charge in [-0.3, -0.25) is 9.20 Å². The summed E-state index contributed by atoms with van der Waals surface area (Å²) in [5.41, 5.74) is 1.69. The van der Waals surface area contributed by atoms with Gasteiger partial charge in [-0.1, -0.05) is 6.07 Å². The zero-order valence-corrected chi connectivity index (χ0v) is 16.7. The van der Waals surface area contributed by atoms with Crippen molar-refractivity contribution in [2.45, 2.75) is 19.4 Å². The standard InChI is InChI=1S/C21H25N5O3/c1-28-17-8-9-18(29-2)16(12-17)13-22-20(27)15-6-5-10-25(14-15)21-24-23-19-7-3-4-11-26(19)21/h3-4,7-9,11-12,15H,5-6,10,13-14H2,1-2H3,(H,22,27)/t15-/m1/s1. The van der Waals surface area contributed by atoms with Crippen molar-refractivity contribution < 1.29 is 14.3 Å². The Hall–Kier alpha value is -3.29. The molecule has 29 heavy (non-hydrogen) atoms. The van der Waals surface area contributed by atoms with Crippen molar-refractivity contribution >= 4 is 17.5 Å². The molecule has 1 atom stereocenters. The minimum absolute atomic E-state index is 0.0355. The second-order valence-corrected chi connectivity index (χ2v) is 7.11. The fraction of sp³-hybridized carbons (Fsp3) is 0.381. The van der Waals surface area contributed by atoms with Crippen LogP contribution in [0.2, 0.25) is 0 Å². The average molecular weight is 395 g/mol. The summed E-state index contributed by atoms with van der Waals surface area (Å²) in [4.78, 5) is 15.0. The number of nitrogens with one attached hydrogen (secondary N) is 1. The molecule has 8 nitrogen and oxygen atoms in total. The number of pyridine rings is 1. The van der Waals surface area contributed by atoms with Gasteiger partial charge in [0.15, 0.2) is 5.65 Å². The van der Waals surface area contributed by atoms with Crippen molar-refractivity contribution in [3.63, 3.8) is 0 Å². The van der Waals surface area contributed by atoms with Crippen molar-refractivity contribution in [3.8, 4) is 11.5 Å². The van der Waals surface area contributed by atoms with Crippen molar-refractivity contribution in [3.05, 3.63) is 48.2 Å². The highest BCUT2D eigenvalue weighted by Crippen LogP contribution is 2.25. The summed E-state index contributed by atoms with van der Waals surface area (Å²) < 4.78 is 12.6. The molecular formula is C21H25N5O3. The van der Waals surface area contributed by atoms with Crippen molar-refractivity contribution in [2.75, 3.05) is 32.2 Å². The minimum atomic E-state index is -0.101. The first kappa shape index (κ1) is 19.0. The van der Waals surface area contributed by atoms with Gasteiger partial charge in [0.2, 0.25) is 11.9 Å². The lowest BCUT2D eigenvalue weighted by molar-refractivity contribution is -0.125. The Morgan fingerprint density at radius 1 is 1.21 bits per heavy atom. The van der Waals surface area contributed by atoms with Crippen LogP contribution < -0.4 is 19.7 Å². The van der Waals surface area contributed by atoms with Gasteiger partial charge in [-0.25, -0.2) is 0 Å². The van der Waals surface area contributed by atoms with E-state index >= 15 is 0 Å². The Balaban J connectivity index is 1.43. The molecule has 0 aliphatic carbocycles. The van der Waals surface area contributed by atoms with Gasteiger partial charge in [-0.05, 0) is 43.2 Å². The predicted molar refractivity (Wildman–Crippen MR) is 109 cm³/mol. The average Bonchev–Trinajstić information content (AvgIpc) is 3.21. The third kappa shape index (κ3) is 3.96. The van der Waals surface area contributed by atoms with E-state index in [1.165, 1.54) is 0 Å². The van der Waals surface area contributed by atoms with Crippen molar-refractivity contribution in [2.24, 2.45) is 5.92 Å². The molecule has 1 fully saturated rings. The van der Waals surface area contributed by atoms with E-state index in [-0.39, 0.29) is 11.8 Å². The third-order valence-electron chi connectivity index (χ3n) is 5.31. The van der Waals surface area contributed by atoms with Crippen LogP contribution in [0.1, 0.15) is 18.4 Å².